The van der Waals surface area contributed by atoms with Crippen molar-refractivity contribution in [3.8, 4) is 0 Å². The molecule has 25 heavy (non-hydrogen) atoms. The van der Waals surface area contributed by atoms with Crippen molar-refractivity contribution in [1.29, 1.82) is 0 Å². The number of para-hydroxylation sites is 2. The number of imidazole rings is 1. The third kappa shape index (κ3) is 3.83. The van der Waals surface area contributed by atoms with Crippen LogP contribution in [-0.2, 0) is 11.3 Å². The lowest BCUT2D eigenvalue weighted by Crippen LogP contribution is -2.23. The molecule has 0 aliphatic rings. The zero-order valence-corrected chi connectivity index (χ0v) is 16.0. The minimum Gasteiger partial charge on any atom is -0.325 e. The molecular weight excluding hydrogens is 354 g/mol. The number of hydrogen-bond acceptors (Lipinski definition) is 3. The van der Waals surface area contributed by atoms with Gasteiger partial charge < -0.3 is 9.88 Å². The van der Waals surface area contributed by atoms with Gasteiger partial charge in [-0.15, -0.1) is 0 Å². The predicted molar refractivity (Wildman–Crippen MR) is 106 cm³/mol. The minimum atomic E-state index is -0.277. The third-order valence-corrected chi connectivity index (χ3v) is 5.37. The van der Waals surface area contributed by atoms with Crippen LogP contribution in [0.25, 0.3) is 11.0 Å². The highest BCUT2D eigenvalue weighted by atomic mass is 35.5. The van der Waals surface area contributed by atoms with E-state index in [2.05, 4.69) is 27.9 Å². The van der Waals surface area contributed by atoms with Crippen LogP contribution < -0.4 is 5.32 Å². The Morgan fingerprint density at radius 2 is 2.08 bits per heavy atom. The van der Waals surface area contributed by atoms with Crippen molar-refractivity contribution in [1.82, 2.24) is 9.55 Å². The number of benzene rings is 2. The Balaban J connectivity index is 1.79. The predicted octanol–water partition coefficient (Wildman–Crippen LogP) is 5.14. The molecule has 4 nitrogen and oxygen atoms in total. The molecule has 0 fully saturated rings. The topological polar surface area (TPSA) is 46.9 Å². The Bertz CT molecular complexity index is 922. The molecule has 0 saturated carbocycles. The molecule has 1 unspecified atom stereocenters. The third-order valence-electron chi connectivity index (χ3n) is 4.04. The summed E-state index contributed by atoms with van der Waals surface area (Å²) in [6.07, 6.45) is 0. The number of aryl methyl sites for hydroxylation is 2. The number of amides is 1. The summed E-state index contributed by atoms with van der Waals surface area (Å²) in [5.74, 6) is -0.0647. The van der Waals surface area contributed by atoms with Crippen molar-refractivity contribution < 1.29 is 4.79 Å². The number of nitrogens with one attached hydrogen (secondary N) is 1. The first-order valence-electron chi connectivity index (χ1n) is 8.18. The SMILES string of the molecule is CCn1c(SC(C)C(=O)Nc2cc(Cl)ccc2C)nc2ccccc21. The number of aromatic nitrogens is 2. The van der Waals surface area contributed by atoms with Crippen LogP contribution in [0, 0.1) is 6.92 Å². The van der Waals surface area contributed by atoms with Crippen LogP contribution in [0.2, 0.25) is 5.02 Å². The van der Waals surface area contributed by atoms with Gasteiger partial charge in [0.1, 0.15) is 0 Å². The van der Waals surface area contributed by atoms with Crippen molar-refractivity contribution in [2.45, 2.75) is 37.7 Å². The van der Waals surface area contributed by atoms with Gasteiger partial charge in [0, 0.05) is 17.3 Å². The van der Waals surface area contributed by atoms with Crippen LogP contribution in [0.5, 0.6) is 0 Å². The van der Waals surface area contributed by atoms with Crippen LogP contribution in [0.4, 0.5) is 5.69 Å². The normalized spacial score (nSPS) is 12.3. The van der Waals surface area contributed by atoms with Crippen LogP contribution >= 0.6 is 23.4 Å². The standard InChI is InChI=1S/C19H20ClN3OS/c1-4-23-17-8-6-5-7-15(17)22-19(23)25-13(3)18(24)21-16-11-14(20)10-9-12(16)2/h5-11,13H,4H2,1-3H3,(H,21,24). The van der Waals surface area contributed by atoms with Gasteiger partial charge in [0.2, 0.25) is 5.91 Å². The fourth-order valence-corrected chi connectivity index (χ4v) is 3.78. The summed E-state index contributed by atoms with van der Waals surface area (Å²) in [7, 11) is 0. The van der Waals surface area contributed by atoms with Gasteiger partial charge in [-0.2, -0.15) is 0 Å². The average molecular weight is 374 g/mol. The molecule has 3 aromatic rings. The lowest BCUT2D eigenvalue weighted by atomic mass is 10.2. The summed E-state index contributed by atoms with van der Waals surface area (Å²) < 4.78 is 2.13. The van der Waals surface area contributed by atoms with Crippen LogP contribution in [0.15, 0.2) is 47.6 Å². The zero-order chi connectivity index (χ0) is 18.0. The largest absolute Gasteiger partial charge is 0.325 e. The Kier molecular flexibility index (Phi) is 5.35. The molecule has 1 heterocycles. The van der Waals surface area contributed by atoms with E-state index >= 15 is 0 Å². The lowest BCUT2D eigenvalue weighted by molar-refractivity contribution is -0.115. The highest BCUT2D eigenvalue weighted by Gasteiger charge is 2.19. The quantitative estimate of drug-likeness (QED) is 0.630. The summed E-state index contributed by atoms with van der Waals surface area (Å²) in [6.45, 7) is 6.72. The van der Waals surface area contributed by atoms with E-state index in [1.165, 1.54) is 11.8 Å². The number of anilines is 1. The van der Waals surface area contributed by atoms with Crippen molar-refractivity contribution in [3.63, 3.8) is 0 Å². The van der Waals surface area contributed by atoms with E-state index in [0.29, 0.717) is 5.02 Å². The second-order valence-electron chi connectivity index (χ2n) is 5.84. The molecule has 1 amide bonds. The van der Waals surface area contributed by atoms with Crippen molar-refractivity contribution in [2.75, 3.05) is 5.32 Å². The molecule has 1 atom stereocenters. The fourth-order valence-electron chi connectivity index (χ4n) is 2.62. The number of fused-ring (bicyclic) bond motifs is 1. The molecule has 1 aromatic heterocycles. The highest BCUT2D eigenvalue weighted by molar-refractivity contribution is 8.00. The number of halogens is 1. The smallest absolute Gasteiger partial charge is 0.237 e. The molecule has 0 aliphatic carbocycles. The van der Waals surface area contributed by atoms with Crippen LogP contribution in [0.3, 0.4) is 0 Å². The van der Waals surface area contributed by atoms with Gasteiger partial charge in [-0.1, -0.05) is 41.6 Å². The maximum atomic E-state index is 12.6. The second-order valence-corrected chi connectivity index (χ2v) is 7.58. The molecule has 0 spiro atoms. The van der Waals surface area contributed by atoms with E-state index in [1.807, 2.05) is 44.2 Å². The molecule has 0 aliphatic heterocycles. The van der Waals surface area contributed by atoms with Crippen LogP contribution in [-0.4, -0.2) is 20.7 Å². The first-order chi connectivity index (χ1) is 12.0. The first kappa shape index (κ1) is 17.8. The molecule has 0 radical (unpaired) electrons. The summed E-state index contributed by atoms with van der Waals surface area (Å²) in [4.78, 5) is 17.3. The Morgan fingerprint density at radius 3 is 2.84 bits per heavy atom. The van der Waals surface area contributed by atoms with E-state index in [9.17, 15) is 4.79 Å². The second kappa shape index (κ2) is 7.50. The number of thioether (sulfide) groups is 1. The zero-order valence-electron chi connectivity index (χ0n) is 14.4. The molecule has 0 saturated heterocycles. The minimum absolute atomic E-state index is 0.0647. The average Bonchev–Trinajstić information content (AvgIpc) is 2.95. The summed E-state index contributed by atoms with van der Waals surface area (Å²) in [5, 5.41) is 4.14. The molecule has 2 aromatic carbocycles. The van der Waals surface area contributed by atoms with Gasteiger partial charge in [0.15, 0.2) is 5.16 Å². The van der Waals surface area contributed by atoms with Gasteiger partial charge >= 0.3 is 0 Å². The number of carbonyl (C=O) groups excluding carboxylic acids is 1. The Morgan fingerprint density at radius 1 is 1.32 bits per heavy atom. The maximum Gasteiger partial charge on any atom is 0.237 e. The van der Waals surface area contributed by atoms with Gasteiger partial charge in [-0.25, -0.2) is 4.98 Å². The first-order valence-corrected chi connectivity index (χ1v) is 9.44. The highest BCUT2D eigenvalue weighted by Crippen LogP contribution is 2.28. The Labute approximate surface area is 156 Å². The molecular formula is C19H20ClN3OS. The van der Waals surface area contributed by atoms with E-state index in [4.69, 9.17) is 11.6 Å². The monoisotopic (exact) mass is 373 g/mol. The van der Waals surface area contributed by atoms with Crippen molar-refractivity contribution >= 4 is 46.0 Å². The molecule has 1 N–H and O–H groups in total. The van der Waals surface area contributed by atoms with E-state index in [1.54, 1.807) is 6.07 Å². The summed E-state index contributed by atoms with van der Waals surface area (Å²) >= 11 is 7.49. The summed E-state index contributed by atoms with van der Waals surface area (Å²) in [5.41, 5.74) is 3.76. The van der Waals surface area contributed by atoms with Crippen molar-refractivity contribution in [3.05, 3.63) is 53.1 Å². The van der Waals surface area contributed by atoms with Crippen molar-refractivity contribution in [2.24, 2.45) is 0 Å². The number of carbonyl (C=O) groups is 1. The molecule has 3 rings (SSSR count). The van der Waals surface area contributed by atoms with Gasteiger partial charge in [0.25, 0.3) is 0 Å². The molecule has 6 heteroatoms. The van der Waals surface area contributed by atoms with E-state index in [-0.39, 0.29) is 11.2 Å². The lowest BCUT2D eigenvalue weighted by Gasteiger charge is -2.14. The van der Waals surface area contributed by atoms with Gasteiger partial charge in [-0.05, 0) is 50.6 Å². The number of hydrogen-bond donors (Lipinski definition) is 1. The van der Waals surface area contributed by atoms with Gasteiger partial charge in [0.05, 0.1) is 16.3 Å². The van der Waals surface area contributed by atoms with Gasteiger partial charge in [-0.3, -0.25) is 4.79 Å². The molecule has 0 bridgehead atoms. The summed E-state index contributed by atoms with van der Waals surface area (Å²) in [6, 6.07) is 13.5. The Hall–Kier alpha value is -1.98. The number of nitrogens with zero attached hydrogens (tertiary/aromatic N) is 2. The van der Waals surface area contributed by atoms with E-state index in [0.717, 1.165) is 34.0 Å². The maximum absolute atomic E-state index is 12.6. The fraction of sp³-hybridized carbons (Fsp3) is 0.263. The number of rotatable bonds is 5. The molecule has 130 valence electrons. The van der Waals surface area contributed by atoms with E-state index < -0.39 is 0 Å². The van der Waals surface area contributed by atoms with Crippen LogP contribution in [0.1, 0.15) is 19.4 Å².